The Morgan fingerprint density at radius 2 is 2.11 bits per heavy atom. The fraction of sp³-hybridized carbons (Fsp3) is 0.429. The summed E-state index contributed by atoms with van der Waals surface area (Å²) in [6.45, 7) is 0.321. The van der Waals surface area contributed by atoms with Gasteiger partial charge in [0.25, 0.3) is 0 Å². The predicted octanol–water partition coefficient (Wildman–Crippen LogP) is 1.64. The normalized spacial score (nSPS) is 22.4. The second kappa shape index (κ2) is 6.19. The predicted molar refractivity (Wildman–Crippen MR) is 66.6 cm³/mol. The number of carbonyl (C=O) groups is 2. The summed E-state index contributed by atoms with van der Waals surface area (Å²) >= 11 is 0. The Kier molecular flexibility index (Phi) is 4.34. The summed E-state index contributed by atoms with van der Waals surface area (Å²) < 4.78 is 5.28. The summed E-state index contributed by atoms with van der Waals surface area (Å²) in [6, 6.07) is 9.75. The number of rotatable bonds is 5. The van der Waals surface area contributed by atoms with Crippen LogP contribution in [0.5, 0.6) is 0 Å². The smallest absolute Gasteiger partial charge is 0.309 e. The summed E-state index contributed by atoms with van der Waals surface area (Å²) in [7, 11) is 0. The molecule has 1 aromatic carbocycles. The average molecular weight is 247 g/mol. The van der Waals surface area contributed by atoms with Gasteiger partial charge in [0.2, 0.25) is 6.41 Å². The van der Waals surface area contributed by atoms with Crippen molar-refractivity contribution in [3.63, 3.8) is 0 Å². The molecule has 1 N–H and O–H groups in total. The zero-order valence-electron chi connectivity index (χ0n) is 10.2. The molecule has 4 nitrogen and oxygen atoms in total. The van der Waals surface area contributed by atoms with Gasteiger partial charge in [-0.25, -0.2) is 0 Å². The maximum absolute atomic E-state index is 11.8. The molecule has 1 amide bonds. The largest absolute Gasteiger partial charge is 0.461 e. The van der Waals surface area contributed by atoms with E-state index in [0.29, 0.717) is 19.4 Å². The Balaban J connectivity index is 1.77. The minimum Gasteiger partial charge on any atom is -0.461 e. The third kappa shape index (κ3) is 3.32. The van der Waals surface area contributed by atoms with E-state index in [1.54, 1.807) is 0 Å². The number of carbonyl (C=O) groups excluding carboxylic acids is 2. The minimum absolute atomic E-state index is 0.0776. The highest BCUT2D eigenvalue weighted by Gasteiger charge is 2.30. The van der Waals surface area contributed by atoms with Gasteiger partial charge < -0.3 is 10.1 Å². The van der Waals surface area contributed by atoms with Crippen molar-refractivity contribution in [1.29, 1.82) is 0 Å². The topological polar surface area (TPSA) is 55.4 Å². The Hall–Kier alpha value is -1.84. The second-order valence-electron chi connectivity index (χ2n) is 4.58. The molecule has 0 radical (unpaired) electrons. The van der Waals surface area contributed by atoms with Crippen molar-refractivity contribution >= 4 is 12.4 Å². The summed E-state index contributed by atoms with van der Waals surface area (Å²) in [5, 5.41) is 2.71. The van der Waals surface area contributed by atoms with Crippen LogP contribution in [0.2, 0.25) is 0 Å². The molecule has 0 aromatic heterocycles. The standard InChI is InChI=1S/C14H17NO3/c16-10-15-13-7-6-12(8-13)14(17)18-9-11-4-2-1-3-5-11/h1-5,10,12-13H,6-9H2,(H,15,16). The van der Waals surface area contributed by atoms with Crippen molar-refractivity contribution in [1.82, 2.24) is 5.32 Å². The van der Waals surface area contributed by atoms with Crippen molar-refractivity contribution in [3.8, 4) is 0 Å². The van der Waals surface area contributed by atoms with E-state index in [4.69, 9.17) is 4.74 Å². The molecular weight excluding hydrogens is 230 g/mol. The minimum atomic E-state index is -0.158. The van der Waals surface area contributed by atoms with E-state index in [1.807, 2.05) is 30.3 Å². The third-order valence-electron chi connectivity index (χ3n) is 3.29. The molecule has 2 atom stereocenters. The van der Waals surface area contributed by atoms with E-state index in [0.717, 1.165) is 18.4 Å². The van der Waals surface area contributed by atoms with E-state index in [-0.39, 0.29) is 17.9 Å². The molecular formula is C14H17NO3. The van der Waals surface area contributed by atoms with Crippen LogP contribution >= 0.6 is 0 Å². The van der Waals surface area contributed by atoms with Crippen LogP contribution in [0.15, 0.2) is 30.3 Å². The molecule has 96 valence electrons. The maximum Gasteiger partial charge on any atom is 0.309 e. The molecule has 0 spiro atoms. The quantitative estimate of drug-likeness (QED) is 0.635. The number of hydrogen-bond acceptors (Lipinski definition) is 3. The number of amides is 1. The fourth-order valence-electron chi connectivity index (χ4n) is 2.29. The molecule has 4 heteroatoms. The van der Waals surface area contributed by atoms with E-state index >= 15 is 0 Å². The molecule has 0 aliphatic heterocycles. The molecule has 0 saturated heterocycles. The zero-order valence-corrected chi connectivity index (χ0v) is 10.2. The zero-order chi connectivity index (χ0) is 12.8. The molecule has 0 bridgehead atoms. The number of benzene rings is 1. The molecule has 1 aromatic rings. The fourth-order valence-corrected chi connectivity index (χ4v) is 2.29. The van der Waals surface area contributed by atoms with Gasteiger partial charge >= 0.3 is 5.97 Å². The van der Waals surface area contributed by atoms with E-state index < -0.39 is 0 Å². The van der Waals surface area contributed by atoms with Crippen molar-refractivity contribution in [2.24, 2.45) is 5.92 Å². The molecule has 1 saturated carbocycles. The lowest BCUT2D eigenvalue weighted by molar-refractivity contribution is -0.149. The van der Waals surface area contributed by atoms with Crippen molar-refractivity contribution in [2.75, 3.05) is 0 Å². The Labute approximate surface area is 106 Å². The highest BCUT2D eigenvalue weighted by molar-refractivity contribution is 5.73. The van der Waals surface area contributed by atoms with E-state index in [9.17, 15) is 9.59 Å². The lowest BCUT2D eigenvalue weighted by atomic mass is 10.1. The Bertz CT molecular complexity index is 405. The molecule has 0 heterocycles. The Morgan fingerprint density at radius 1 is 1.33 bits per heavy atom. The first kappa shape index (κ1) is 12.6. The van der Waals surface area contributed by atoms with Crippen molar-refractivity contribution in [2.45, 2.75) is 31.9 Å². The molecule has 1 aliphatic carbocycles. The van der Waals surface area contributed by atoms with Crippen LogP contribution in [0, 0.1) is 5.92 Å². The molecule has 2 rings (SSSR count). The maximum atomic E-state index is 11.8. The van der Waals surface area contributed by atoms with Gasteiger partial charge in [-0.2, -0.15) is 0 Å². The lowest BCUT2D eigenvalue weighted by Crippen LogP contribution is -2.25. The summed E-state index contributed by atoms with van der Waals surface area (Å²) in [6.07, 6.45) is 3.03. The van der Waals surface area contributed by atoms with Crippen molar-refractivity contribution < 1.29 is 14.3 Å². The number of esters is 1. The summed E-state index contributed by atoms with van der Waals surface area (Å²) in [4.78, 5) is 22.2. The van der Waals surface area contributed by atoms with Gasteiger partial charge in [0.15, 0.2) is 0 Å². The van der Waals surface area contributed by atoms with Crippen LogP contribution in [-0.4, -0.2) is 18.4 Å². The van der Waals surface area contributed by atoms with Gasteiger partial charge in [-0.1, -0.05) is 30.3 Å². The van der Waals surface area contributed by atoms with Gasteiger partial charge in [-0.15, -0.1) is 0 Å². The molecule has 18 heavy (non-hydrogen) atoms. The summed E-state index contributed by atoms with van der Waals surface area (Å²) in [5.74, 6) is -0.236. The SMILES string of the molecule is O=CNC1CCC(C(=O)OCc2ccccc2)C1. The lowest BCUT2D eigenvalue weighted by Gasteiger charge is -2.10. The van der Waals surface area contributed by atoms with Gasteiger partial charge in [0.05, 0.1) is 5.92 Å². The summed E-state index contributed by atoms with van der Waals surface area (Å²) in [5.41, 5.74) is 0.992. The van der Waals surface area contributed by atoms with Crippen LogP contribution in [-0.2, 0) is 20.9 Å². The van der Waals surface area contributed by atoms with Crippen LogP contribution in [0.3, 0.4) is 0 Å². The molecule has 1 aliphatic rings. The number of nitrogens with one attached hydrogen (secondary N) is 1. The van der Waals surface area contributed by atoms with Gasteiger partial charge in [0.1, 0.15) is 6.61 Å². The van der Waals surface area contributed by atoms with Crippen LogP contribution in [0.25, 0.3) is 0 Å². The monoisotopic (exact) mass is 247 g/mol. The average Bonchev–Trinajstić information content (AvgIpc) is 2.86. The second-order valence-corrected chi connectivity index (χ2v) is 4.58. The van der Waals surface area contributed by atoms with Crippen molar-refractivity contribution in [3.05, 3.63) is 35.9 Å². The highest BCUT2D eigenvalue weighted by Crippen LogP contribution is 2.26. The third-order valence-corrected chi connectivity index (χ3v) is 3.29. The van der Waals surface area contributed by atoms with Crippen LogP contribution < -0.4 is 5.32 Å². The van der Waals surface area contributed by atoms with E-state index in [2.05, 4.69) is 5.32 Å². The van der Waals surface area contributed by atoms with Crippen LogP contribution in [0.4, 0.5) is 0 Å². The van der Waals surface area contributed by atoms with Crippen LogP contribution in [0.1, 0.15) is 24.8 Å². The van der Waals surface area contributed by atoms with Gasteiger partial charge in [0, 0.05) is 6.04 Å². The Morgan fingerprint density at radius 3 is 2.83 bits per heavy atom. The number of ether oxygens (including phenoxy) is 1. The molecule has 2 unspecified atom stereocenters. The number of hydrogen-bond donors (Lipinski definition) is 1. The van der Waals surface area contributed by atoms with E-state index in [1.165, 1.54) is 0 Å². The van der Waals surface area contributed by atoms with Gasteiger partial charge in [-0.3, -0.25) is 9.59 Å². The first-order valence-corrected chi connectivity index (χ1v) is 6.20. The molecule has 1 fully saturated rings. The highest BCUT2D eigenvalue weighted by atomic mass is 16.5. The first-order valence-electron chi connectivity index (χ1n) is 6.20. The first-order chi connectivity index (χ1) is 8.79. The van der Waals surface area contributed by atoms with Gasteiger partial charge in [-0.05, 0) is 24.8 Å².